The Labute approximate surface area is 357 Å². The van der Waals surface area contributed by atoms with Crippen molar-refractivity contribution in [1.29, 1.82) is 0 Å². The van der Waals surface area contributed by atoms with Gasteiger partial charge in [-0.1, -0.05) is 43.5 Å². The van der Waals surface area contributed by atoms with Crippen molar-refractivity contribution in [3.05, 3.63) is 77.9 Å². The second-order valence-electron chi connectivity index (χ2n) is 14.7. The average molecular weight is 874 g/mol. The monoisotopic (exact) mass is 873 g/mol. The zero-order valence-electron chi connectivity index (χ0n) is 35.2. The highest BCUT2D eigenvalue weighted by Crippen LogP contribution is 2.20. The summed E-state index contributed by atoms with van der Waals surface area (Å²) < 4.78 is 60.3. The molecule has 18 nitrogen and oxygen atoms in total. The van der Waals surface area contributed by atoms with Gasteiger partial charge in [-0.3, -0.25) is 19.1 Å². The maximum absolute atomic E-state index is 13.0. The standard InChI is InChI=1S/C42H59N5O13S/c1-42(2,3)60-39(51)10-8-6-4-5-7-9-32-11-13-33(14-12-32)29-59-35-15-17-36(18-16-35)61(53,54)47-34-27-45-40(46-28-34)41(52)44-20-22-56-23-25-57-30-37(48)43-19-21-55-24-26-58-31-38(49)50/h11-18,27-28,47H,4-10,19-26,29-31H2,1-3H3,(H,43,48)(H,44,52)(H,49,50). The fourth-order valence-corrected chi connectivity index (χ4v) is 6.34. The number of carbonyl (C=O) groups is 4. The van der Waals surface area contributed by atoms with E-state index in [-0.39, 0.29) is 87.6 Å². The predicted octanol–water partition coefficient (Wildman–Crippen LogP) is 4.08. The van der Waals surface area contributed by atoms with E-state index in [1.54, 1.807) is 12.1 Å². The number of ether oxygens (including phenoxy) is 6. The van der Waals surface area contributed by atoms with Gasteiger partial charge < -0.3 is 44.2 Å². The molecule has 4 N–H and O–H groups in total. The Balaban J connectivity index is 1.24. The summed E-state index contributed by atoms with van der Waals surface area (Å²) in [6.45, 7) is 6.87. The first kappa shape index (κ1) is 50.1. The Morgan fingerprint density at radius 2 is 1.26 bits per heavy atom. The predicted molar refractivity (Wildman–Crippen MR) is 224 cm³/mol. The van der Waals surface area contributed by atoms with Gasteiger partial charge in [0.1, 0.15) is 31.2 Å². The molecular formula is C42H59N5O13S. The molecule has 0 atom stereocenters. The summed E-state index contributed by atoms with van der Waals surface area (Å²) in [5.74, 6) is -1.76. The number of rotatable bonds is 31. The van der Waals surface area contributed by atoms with E-state index in [9.17, 15) is 27.6 Å². The topological polar surface area (TPSA) is 240 Å². The minimum Gasteiger partial charge on any atom is -0.489 e. The third kappa shape index (κ3) is 22.8. The molecule has 0 bridgehead atoms. The molecule has 0 aliphatic carbocycles. The third-order valence-corrected chi connectivity index (χ3v) is 9.64. The first-order chi connectivity index (χ1) is 29.2. The van der Waals surface area contributed by atoms with Gasteiger partial charge in [-0.05, 0) is 75.4 Å². The van der Waals surface area contributed by atoms with Crippen molar-refractivity contribution in [2.45, 2.75) is 82.8 Å². The highest BCUT2D eigenvalue weighted by Gasteiger charge is 2.17. The van der Waals surface area contributed by atoms with Gasteiger partial charge in [0.25, 0.3) is 15.9 Å². The lowest BCUT2D eigenvalue weighted by Gasteiger charge is -2.19. The van der Waals surface area contributed by atoms with Crippen LogP contribution in [0.25, 0.3) is 0 Å². The maximum atomic E-state index is 13.0. The molecule has 19 heteroatoms. The lowest BCUT2D eigenvalue weighted by molar-refractivity contribution is -0.155. The van der Waals surface area contributed by atoms with Crippen LogP contribution in [0.2, 0.25) is 0 Å². The van der Waals surface area contributed by atoms with Crippen LogP contribution in [0, 0.1) is 0 Å². The van der Waals surface area contributed by atoms with Crippen LogP contribution in [0.15, 0.2) is 65.8 Å². The van der Waals surface area contributed by atoms with Crippen molar-refractivity contribution in [2.24, 2.45) is 0 Å². The number of aryl methyl sites for hydroxylation is 1. The van der Waals surface area contributed by atoms with E-state index in [2.05, 4.69) is 37.5 Å². The van der Waals surface area contributed by atoms with Crippen LogP contribution in [0.5, 0.6) is 5.75 Å². The second kappa shape index (κ2) is 27.6. The van der Waals surface area contributed by atoms with E-state index >= 15 is 0 Å². The molecule has 1 heterocycles. The van der Waals surface area contributed by atoms with Gasteiger partial charge in [0.15, 0.2) is 0 Å². The Morgan fingerprint density at radius 3 is 1.90 bits per heavy atom. The number of nitrogens with one attached hydrogen (secondary N) is 3. The summed E-state index contributed by atoms with van der Waals surface area (Å²) in [7, 11) is -3.98. The largest absolute Gasteiger partial charge is 0.489 e. The molecule has 3 aromatic rings. The van der Waals surface area contributed by atoms with Gasteiger partial charge in [-0.2, -0.15) is 0 Å². The normalized spacial score (nSPS) is 11.5. The maximum Gasteiger partial charge on any atom is 0.329 e. The number of amides is 2. The van der Waals surface area contributed by atoms with Gasteiger partial charge >= 0.3 is 11.9 Å². The summed E-state index contributed by atoms with van der Waals surface area (Å²) in [6.07, 6.45) is 8.93. The molecule has 1 aromatic heterocycles. The summed E-state index contributed by atoms with van der Waals surface area (Å²) >= 11 is 0. The van der Waals surface area contributed by atoms with Crippen LogP contribution < -0.4 is 20.1 Å². The van der Waals surface area contributed by atoms with Gasteiger partial charge in [0.2, 0.25) is 11.7 Å². The molecular weight excluding hydrogens is 815 g/mol. The molecule has 0 saturated heterocycles. The van der Waals surface area contributed by atoms with Crippen molar-refractivity contribution in [3.8, 4) is 5.75 Å². The van der Waals surface area contributed by atoms with E-state index in [1.165, 1.54) is 30.1 Å². The van der Waals surface area contributed by atoms with Crippen LogP contribution in [-0.2, 0) is 61.1 Å². The zero-order valence-corrected chi connectivity index (χ0v) is 36.0. The number of esters is 1. The lowest BCUT2D eigenvalue weighted by atomic mass is 10.0. The SMILES string of the molecule is CC(C)(C)OC(=O)CCCCCCCc1ccc(COc2ccc(S(=O)(=O)Nc3cnc(C(=O)NCCOCCOCC(=O)NCCOCCOCC(=O)O)nc3)cc2)cc1. The smallest absolute Gasteiger partial charge is 0.329 e. The van der Waals surface area contributed by atoms with Crippen LogP contribution >= 0.6 is 0 Å². The third-order valence-electron chi connectivity index (χ3n) is 8.24. The molecule has 336 valence electrons. The molecule has 0 aliphatic heterocycles. The molecule has 0 saturated carbocycles. The summed E-state index contributed by atoms with van der Waals surface area (Å²) in [6, 6.07) is 14.2. The van der Waals surface area contributed by atoms with Crippen molar-refractivity contribution in [1.82, 2.24) is 20.6 Å². The van der Waals surface area contributed by atoms with Crippen LogP contribution in [0.4, 0.5) is 5.69 Å². The highest BCUT2D eigenvalue weighted by atomic mass is 32.2. The number of aliphatic carboxylic acids is 1. The van der Waals surface area contributed by atoms with Gasteiger partial charge in [-0.15, -0.1) is 0 Å². The number of carboxylic acid groups (broad SMARTS) is 1. The number of carbonyl (C=O) groups excluding carboxylic acids is 3. The quantitative estimate of drug-likeness (QED) is 0.0526. The highest BCUT2D eigenvalue weighted by molar-refractivity contribution is 7.92. The van der Waals surface area contributed by atoms with Crippen LogP contribution in [-0.4, -0.2) is 119 Å². The number of hydrogen-bond donors (Lipinski definition) is 4. The molecule has 0 radical (unpaired) electrons. The van der Waals surface area contributed by atoms with Crippen LogP contribution in [0.1, 0.15) is 81.0 Å². The molecule has 3 rings (SSSR count). The first-order valence-electron chi connectivity index (χ1n) is 20.2. The van der Waals surface area contributed by atoms with Gasteiger partial charge in [-0.25, -0.2) is 23.2 Å². The second-order valence-corrected chi connectivity index (χ2v) is 16.3. The van der Waals surface area contributed by atoms with E-state index in [1.807, 2.05) is 32.9 Å². The molecule has 2 amide bonds. The minimum absolute atomic E-state index is 0.00351. The number of nitrogens with zero attached hydrogens (tertiary/aromatic N) is 2. The number of carboxylic acids is 1. The lowest BCUT2D eigenvalue weighted by Crippen LogP contribution is -2.31. The molecule has 0 spiro atoms. The number of unbranched alkanes of at least 4 members (excludes halogenated alkanes) is 4. The average Bonchev–Trinajstić information content (AvgIpc) is 3.21. The Kier molecular flexibility index (Phi) is 22.7. The van der Waals surface area contributed by atoms with E-state index in [0.29, 0.717) is 18.8 Å². The molecule has 61 heavy (non-hydrogen) atoms. The van der Waals surface area contributed by atoms with Gasteiger partial charge in [0, 0.05) is 19.5 Å². The zero-order chi connectivity index (χ0) is 44.4. The number of sulfonamides is 1. The van der Waals surface area contributed by atoms with Gasteiger partial charge in [0.05, 0.1) is 62.6 Å². The molecule has 2 aromatic carbocycles. The Morgan fingerprint density at radius 1 is 0.689 bits per heavy atom. The minimum atomic E-state index is -3.98. The van der Waals surface area contributed by atoms with E-state index in [4.69, 9.17) is 33.5 Å². The van der Waals surface area contributed by atoms with Crippen molar-refractivity contribution < 1.29 is 61.1 Å². The van der Waals surface area contributed by atoms with Crippen molar-refractivity contribution in [3.63, 3.8) is 0 Å². The number of anilines is 1. The fourth-order valence-electron chi connectivity index (χ4n) is 5.31. The van der Waals surface area contributed by atoms with Crippen molar-refractivity contribution in [2.75, 3.05) is 70.7 Å². The Bertz CT molecular complexity index is 1870. The Hall–Kier alpha value is -5.21. The summed E-state index contributed by atoms with van der Waals surface area (Å²) in [4.78, 5) is 54.3. The summed E-state index contributed by atoms with van der Waals surface area (Å²) in [5.41, 5.74) is 1.86. The van der Waals surface area contributed by atoms with E-state index < -0.39 is 34.1 Å². The molecule has 0 unspecified atom stereocenters. The van der Waals surface area contributed by atoms with Crippen molar-refractivity contribution >= 4 is 39.5 Å². The van der Waals surface area contributed by atoms with E-state index in [0.717, 1.165) is 44.1 Å². The van der Waals surface area contributed by atoms with Crippen LogP contribution in [0.3, 0.4) is 0 Å². The summed E-state index contributed by atoms with van der Waals surface area (Å²) in [5, 5.41) is 13.7. The number of benzene rings is 2. The first-order valence-corrected chi connectivity index (χ1v) is 21.6. The fraction of sp³-hybridized carbons (Fsp3) is 0.524. The molecule has 0 aliphatic rings. The molecule has 0 fully saturated rings. The number of hydrogen-bond acceptors (Lipinski definition) is 14. The number of aromatic nitrogens is 2.